The van der Waals surface area contributed by atoms with Crippen molar-refractivity contribution in [2.75, 3.05) is 0 Å². The maximum absolute atomic E-state index is 12.5. The molecule has 0 fully saturated rings. The molecular weight excluding hydrogens is 336 g/mol. The number of nitrogens with zero attached hydrogens (tertiary/aromatic N) is 2. The molecule has 10 heteroatoms. The van der Waals surface area contributed by atoms with E-state index in [2.05, 4.69) is 0 Å². The molecule has 0 spiro atoms. The molecule has 0 heterocycles. The van der Waals surface area contributed by atoms with Gasteiger partial charge in [0.05, 0.1) is 21.5 Å². The molecule has 1 unspecified atom stereocenters. The minimum Gasteiger partial charge on any atom is -0.459 e. The van der Waals surface area contributed by atoms with Gasteiger partial charge in [-0.3, -0.25) is 34.6 Å². The Hall–Kier alpha value is -3.17. The van der Waals surface area contributed by atoms with Gasteiger partial charge in [0.15, 0.2) is 17.5 Å². The van der Waals surface area contributed by atoms with Crippen molar-refractivity contribution in [2.24, 2.45) is 5.92 Å². The van der Waals surface area contributed by atoms with Gasteiger partial charge in [0.25, 0.3) is 11.4 Å². The van der Waals surface area contributed by atoms with E-state index in [4.69, 9.17) is 4.74 Å². The molecule has 1 rings (SSSR count). The average molecular weight is 352 g/mol. The Morgan fingerprint density at radius 2 is 1.64 bits per heavy atom. The molecule has 0 aliphatic carbocycles. The van der Waals surface area contributed by atoms with Gasteiger partial charge < -0.3 is 4.74 Å². The van der Waals surface area contributed by atoms with Crippen molar-refractivity contribution >= 4 is 28.9 Å². The minimum absolute atomic E-state index is 0.582. The Morgan fingerprint density at radius 3 is 2.04 bits per heavy atom. The zero-order valence-corrected chi connectivity index (χ0v) is 14.0. The third-order valence-electron chi connectivity index (χ3n) is 2.97. The van der Waals surface area contributed by atoms with E-state index in [1.807, 2.05) is 0 Å². The largest absolute Gasteiger partial charge is 0.459 e. The molecule has 25 heavy (non-hydrogen) atoms. The lowest BCUT2D eigenvalue weighted by Gasteiger charge is -2.22. The zero-order valence-electron chi connectivity index (χ0n) is 14.0. The monoisotopic (exact) mass is 352 g/mol. The SMILES string of the molecule is CC(=O)C(C(=O)OC(C)(C)C)C(=O)c1ccc([N+](=O)[O-])cc1[N+](=O)[O-]. The van der Waals surface area contributed by atoms with Gasteiger partial charge in [-0.15, -0.1) is 0 Å². The fourth-order valence-corrected chi connectivity index (χ4v) is 1.97. The first-order valence-corrected chi connectivity index (χ1v) is 7.05. The number of hydrogen-bond acceptors (Lipinski definition) is 8. The number of esters is 1. The van der Waals surface area contributed by atoms with Crippen LogP contribution in [0.1, 0.15) is 38.1 Å². The molecule has 10 nitrogen and oxygen atoms in total. The van der Waals surface area contributed by atoms with E-state index in [9.17, 15) is 34.6 Å². The Balaban J connectivity index is 3.39. The van der Waals surface area contributed by atoms with Gasteiger partial charge in [-0.05, 0) is 33.8 Å². The van der Waals surface area contributed by atoms with Crippen LogP contribution in [-0.2, 0) is 14.3 Å². The number of nitro benzene ring substituents is 2. The van der Waals surface area contributed by atoms with E-state index >= 15 is 0 Å². The van der Waals surface area contributed by atoms with Crippen LogP contribution in [-0.4, -0.2) is 33.0 Å². The summed E-state index contributed by atoms with van der Waals surface area (Å²) >= 11 is 0. The van der Waals surface area contributed by atoms with Crippen LogP contribution in [0.2, 0.25) is 0 Å². The number of nitro groups is 2. The maximum atomic E-state index is 12.5. The molecule has 0 bridgehead atoms. The van der Waals surface area contributed by atoms with Crippen LogP contribution < -0.4 is 0 Å². The Morgan fingerprint density at radius 1 is 1.08 bits per heavy atom. The van der Waals surface area contributed by atoms with Crippen LogP contribution in [0.5, 0.6) is 0 Å². The summed E-state index contributed by atoms with van der Waals surface area (Å²) in [7, 11) is 0. The highest BCUT2D eigenvalue weighted by atomic mass is 16.6. The van der Waals surface area contributed by atoms with Crippen molar-refractivity contribution in [3.05, 3.63) is 44.0 Å². The smallest absolute Gasteiger partial charge is 0.325 e. The molecule has 1 aromatic carbocycles. The van der Waals surface area contributed by atoms with Gasteiger partial charge in [0.1, 0.15) is 5.60 Å². The van der Waals surface area contributed by atoms with E-state index < -0.39 is 55.8 Å². The van der Waals surface area contributed by atoms with Gasteiger partial charge in [-0.2, -0.15) is 0 Å². The van der Waals surface area contributed by atoms with Crippen LogP contribution in [0, 0.1) is 26.1 Å². The third kappa shape index (κ3) is 4.90. The molecule has 0 amide bonds. The molecule has 0 aromatic heterocycles. The number of ether oxygens (including phenoxy) is 1. The predicted molar refractivity (Wildman–Crippen MR) is 84.1 cm³/mol. The van der Waals surface area contributed by atoms with E-state index in [0.717, 1.165) is 19.1 Å². The number of non-ortho nitro benzene ring substituents is 1. The Labute approximate surface area is 142 Å². The summed E-state index contributed by atoms with van der Waals surface area (Å²) in [6.45, 7) is 5.56. The summed E-state index contributed by atoms with van der Waals surface area (Å²) in [6, 6.07) is 2.32. The molecular formula is C15H16N2O8. The van der Waals surface area contributed by atoms with Crippen molar-refractivity contribution < 1.29 is 29.0 Å². The third-order valence-corrected chi connectivity index (χ3v) is 2.97. The first-order chi connectivity index (χ1) is 11.3. The second kappa shape index (κ2) is 7.16. The second-order valence-electron chi connectivity index (χ2n) is 6.16. The van der Waals surface area contributed by atoms with Crippen LogP contribution in [0.15, 0.2) is 18.2 Å². The van der Waals surface area contributed by atoms with Crippen molar-refractivity contribution in [1.29, 1.82) is 0 Å². The molecule has 0 saturated heterocycles. The summed E-state index contributed by atoms with van der Waals surface area (Å²) in [5, 5.41) is 21.9. The Kier molecular flexibility index (Phi) is 5.69. The first-order valence-electron chi connectivity index (χ1n) is 7.05. The Bertz CT molecular complexity index is 763. The van der Waals surface area contributed by atoms with Crippen molar-refractivity contribution in [3.63, 3.8) is 0 Å². The molecule has 0 radical (unpaired) electrons. The van der Waals surface area contributed by atoms with E-state index in [1.165, 1.54) is 20.8 Å². The van der Waals surface area contributed by atoms with Crippen LogP contribution in [0.4, 0.5) is 11.4 Å². The van der Waals surface area contributed by atoms with Crippen molar-refractivity contribution in [2.45, 2.75) is 33.3 Å². The molecule has 0 aliphatic heterocycles. The van der Waals surface area contributed by atoms with E-state index in [-0.39, 0.29) is 0 Å². The average Bonchev–Trinajstić information content (AvgIpc) is 2.43. The summed E-state index contributed by atoms with van der Waals surface area (Å²) in [6.07, 6.45) is 0. The molecule has 134 valence electrons. The number of benzene rings is 1. The summed E-state index contributed by atoms with van der Waals surface area (Å²) < 4.78 is 5.01. The molecule has 0 saturated carbocycles. The number of ketones is 2. The summed E-state index contributed by atoms with van der Waals surface area (Å²) in [5.41, 5.74) is -3.03. The lowest BCUT2D eigenvalue weighted by molar-refractivity contribution is -0.394. The molecule has 0 N–H and O–H groups in total. The number of rotatable bonds is 6. The number of carbonyl (C=O) groups excluding carboxylic acids is 3. The predicted octanol–water partition coefficient (Wildman–Crippen LogP) is 2.23. The van der Waals surface area contributed by atoms with Gasteiger partial charge in [-0.25, -0.2) is 0 Å². The standard InChI is InChI=1S/C15H16N2O8/c1-8(18)12(14(20)25-15(2,3)4)13(19)10-6-5-9(16(21)22)7-11(10)17(23)24/h5-7,12H,1-4H3. The molecule has 1 aromatic rings. The van der Waals surface area contributed by atoms with Gasteiger partial charge >= 0.3 is 5.97 Å². The molecule has 1 atom stereocenters. The minimum atomic E-state index is -1.89. The number of hydrogen-bond donors (Lipinski definition) is 0. The fourth-order valence-electron chi connectivity index (χ4n) is 1.97. The summed E-state index contributed by atoms with van der Waals surface area (Å²) in [4.78, 5) is 56.4. The van der Waals surface area contributed by atoms with Crippen LogP contribution >= 0.6 is 0 Å². The highest BCUT2D eigenvalue weighted by Crippen LogP contribution is 2.28. The van der Waals surface area contributed by atoms with Gasteiger partial charge in [-0.1, -0.05) is 0 Å². The second-order valence-corrected chi connectivity index (χ2v) is 6.16. The number of carbonyl (C=O) groups is 3. The highest BCUT2D eigenvalue weighted by molar-refractivity contribution is 6.23. The van der Waals surface area contributed by atoms with Crippen LogP contribution in [0.3, 0.4) is 0 Å². The normalized spacial score (nSPS) is 12.2. The lowest BCUT2D eigenvalue weighted by atomic mass is 9.93. The van der Waals surface area contributed by atoms with Crippen molar-refractivity contribution in [3.8, 4) is 0 Å². The van der Waals surface area contributed by atoms with Crippen LogP contribution in [0.25, 0.3) is 0 Å². The van der Waals surface area contributed by atoms with Gasteiger partial charge in [0, 0.05) is 6.07 Å². The van der Waals surface area contributed by atoms with Gasteiger partial charge in [0.2, 0.25) is 0 Å². The highest BCUT2D eigenvalue weighted by Gasteiger charge is 2.38. The molecule has 0 aliphatic rings. The first kappa shape index (κ1) is 19.9. The maximum Gasteiger partial charge on any atom is 0.325 e. The lowest BCUT2D eigenvalue weighted by Crippen LogP contribution is -2.36. The zero-order chi connectivity index (χ0) is 19.5. The summed E-state index contributed by atoms with van der Waals surface area (Å²) in [5.74, 6) is -5.03. The van der Waals surface area contributed by atoms with Crippen molar-refractivity contribution in [1.82, 2.24) is 0 Å². The number of Topliss-reactive ketones (excluding diaryl/α,β-unsaturated/α-hetero) is 2. The quantitative estimate of drug-likeness (QED) is 0.249. The van der Waals surface area contributed by atoms with E-state index in [0.29, 0.717) is 6.07 Å². The van der Waals surface area contributed by atoms with E-state index in [1.54, 1.807) is 0 Å². The topological polar surface area (TPSA) is 147 Å². The fraction of sp³-hybridized carbons (Fsp3) is 0.400.